The summed E-state index contributed by atoms with van der Waals surface area (Å²) < 4.78 is 1.56. The highest BCUT2D eigenvalue weighted by Gasteiger charge is 2.21. The van der Waals surface area contributed by atoms with Crippen LogP contribution in [0.1, 0.15) is 15.9 Å². The Morgan fingerprint density at radius 3 is 2.67 bits per heavy atom. The van der Waals surface area contributed by atoms with E-state index in [1.165, 1.54) is 6.33 Å². The molecular weight excluding hydrogens is 346 g/mol. The van der Waals surface area contributed by atoms with Crippen molar-refractivity contribution < 1.29 is 9.59 Å². The highest BCUT2D eigenvalue weighted by molar-refractivity contribution is 5.96. The van der Waals surface area contributed by atoms with E-state index in [9.17, 15) is 9.59 Å². The van der Waals surface area contributed by atoms with Gasteiger partial charge in [0.15, 0.2) is 5.82 Å². The third-order valence-corrected chi connectivity index (χ3v) is 4.21. The Balaban J connectivity index is 1.35. The van der Waals surface area contributed by atoms with Gasteiger partial charge in [-0.05, 0) is 35.9 Å². The van der Waals surface area contributed by atoms with Crippen LogP contribution in [0.4, 0.5) is 10.5 Å². The number of carbonyl (C=O) groups is 2. The van der Waals surface area contributed by atoms with E-state index in [0.717, 1.165) is 11.3 Å². The lowest BCUT2D eigenvalue weighted by Gasteiger charge is -2.14. The Morgan fingerprint density at radius 2 is 2.04 bits per heavy atom. The van der Waals surface area contributed by atoms with Crippen LogP contribution in [0.5, 0.6) is 0 Å². The number of rotatable bonds is 5. The van der Waals surface area contributed by atoms with E-state index in [-0.39, 0.29) is 11.9 Å². The highest BCUT2D eigenvalue weighted by Crippen LogP contribution is 2.17. The summed E-state index contributed by atoms with van der Waals surface area (Å²) in [7, 11) is 0. The minimum Gasteiger partial charge on any atom is -0.348 e. The number of urea groups is 1. The minimum atomic E-state index is -0.187. The molecular formula is C18H17N7O2. The minimum absolute atomic E-state index is 0.117. The van der Waals surface area contributed by atoms with E-state index in [1.54, 1.807) is 46.4 Å². The molecule has 27 heavy (non-hydrogen) atoms. The van der Waals surface area contributed by atoms with E-state index >= 15 is 0 Å². The second-order valence-electron chi connectivity index (χ2n) is 5.98. The fourth-order valence-corrected chi connectivity index (χ4v) is 2.78. The number of aromatic nitrogens is 4. The monoisotopic (exact) mass is 363 g/mol. The molecule has 1 fully saturated rings. The molecule has 1 aromatic carbocycles. The summed E-state index contributed by atoms with van der Waals surface area (Å²) in [6.07, 6.45) is 4.70. The highest BCUT2D eigenvalue weighted by atomic mass is 16.2. The normalized spacial score (nSPS) is 13.5. The molecule has 9 heteroatoms. The molecule has 9 nitrogen and oxygen atoms in total. The Bertz CT molecular complexity index is 937. The number of pyridine rings is 1. The topological polar surface area (TPSA) is 105 Å². The fourth-order valence-electron chi connectivity index (χ4n) is 2.78. The summed E-state index contributed by atoms with van der Waals surface area (Å²) in [4.78, 5) is 33.8. The van der Waals surface area contributed by atoms with Crippen LogP contribution in [0.25, 0.3) is 5.82 Å². The van der Waals surface area contributed by atoms with Crippen LogP contribution < -0.4 is 15.5 Å². The van der Waals surface area contributed by atoms with E-state index < -0.39 is 0 Å². The lowest BCUT2D eigenvalue weighted by Crippen LogP contribution is -2.28. The summed E-state index contributed by atoms with van der Waals surface area (Å²) in [5.41, 5.74) is 2.18. The number of anilines is 1. The van der Waals surface area contributed by atoms with Crippen molar-refractivity contribution in [2.75, 3.05) is 18.0 Å². The van der Waals surface area contributed by atoms with Crippen LogP contribution in [0, 0.1) is 0 Å². The first-order valence-corrected chi connectivity index (χ1v) is 8.44. The van der Waals surface area contributed by atoms with Crippen molar-refractivity contribution in [2.24, 2.45) is 0 Å². The third-order valence-electron chi connectivity index (χ3n) is 4.21. The second-order valence-corrected chi connectivity index (χ2v) is 5.98. The average molecular weight is 363 g/mol. The number of hydrogen-bond donors (Lipinski definition) is 2. The molecule has 2 aromatic heterocycles. The number of carbonyl (C=O) groups excluding carboxylic acids is 2. The van der Waals surface area contributed by atoms with Crippen molar-refractivity contribution in [1.29, 1.82) is 0 Å². The molecule has 4 rings (SSSR count). The average Bonchev–Trinajstić information content (AvgIpc) is 3.38. The molecule has 3 aromatic rings. The van der Waals surface area contributed by atoms with Gasteiger partial charge in [0.1, 0.15) is 12.7 Å². The largest absolute Gasteiger partial charge is 0.348 e. The maximum Gasteiger partial charge on any atom is 0.321 e. The van der Waals surface area contributed by atoms with Gasteiger partial charge in [-0.15, -0.1) is 0 Å². The van der Waals surface area contributed by atoms with Gasteiger partial charge in [0.05, 0.1) is 0 Å². The molecule has 1 saturated heterocycles. The van der Waals surface area contributed by atoms with Crippen LogP contribution in [-0.2, 0) is 6.54 Å². The second kappa shape index (κ2) is 7.24. The SMILES string of the molecule is O=C(NCc1ccc(-n2cncn2)nc1)c1ccc(N2CCNC2=O)cc1. The number of nitrogens with zero attached hydrogens (tertiary/aromatic N) is 5. The van der Waals surface area contributed by atoms with Gasteiger partial charge in [-0.2, -0.15) is 5.10 Å². The molecule has 136 valence electrons. The van der Waals surface area contributed by atoms with E-state index in [4.69, 9.17) is 0 Å². The summed E-state index contributed by atoms with van der Waals surface area (Å²) in [5.74, 6) is 0.469. The lowest BCUT2D eigenvalue weighted by atomic mass is 10.1. The molecule has 2 N–H and O–H groups in total. The van der Waals surface area contributed by atoms with Gasteiger partial charge < -0.3 is 10.6 Å². The molecule has 1 aliphatic rings. The molecule has 0 saturated carbocycles. The Labute approximate surface area is 155 Å². The van der Waals surface area contributed by atoms with Crippen molar-refractivity contribution in [3.05, 3.63) is 66.4 Å². The number of amides is 3. The zero-order valence-electron chi connectivity index (χ0n) is 14.4. The Hall–Kier alpha value is -3.75. The number of nitrogens with one attached hydrogen (secondary N) is 2. The molecule has 3 heterocycles. The van der Waals surface area contributed by atoms with Gasteiger partial charge in [0.2, 0.25) is 0 Å². The molecule has 1 aliphatic heterocycles. The summed E-state index contributed by atoms with van der Waals surface area (Å²) in [6, 6.07) is 10.5. The van der Waals surface area contributed by atoms with Crippen molar-refractivity contribution >= 4 is 17.6 Å². The van der Waals surface area contributed by atoms with E-state index in [0.29, 0.717) is 31.0 Å². The zero-order valence-corrected chi connectivity index (χ0v) is 14.4. The Morgan fingerprint density at radius 1 is 1.19 bits per heavy atom. The molecule has 3 amide bonds. The van der Waals surface area contributed by atoms with E-state index in [2.05, 4.69) is 25.7 Å². The standard InChI is InChI=1S/C18H17N7O2/c26-17(14-2-4-15(5-3-14)24-8-7-20-18(24)27)22-10-13-1-6-16(21-9-13)25-12-19-11-23-25/h1-6,9,11-12H,7-8,10H2,(H,20,27)(H,22,26). The molecule has 0 spiro atoms. The van der Waals surface area contributed by atoms with Crippen molar-refractivity contribution in [3.63, 3.8) is 0 Å². The van der Waals surface area contributed by atoms with Gasteiger partial charge in [-0.1, -0.05) is 6.07 Å². The zero-order chi connectivity index (χ0) is 18.6. The van der Waals surface area contributed by atoms with Crippen molar-refractivity contribution in [2.45, 2.75) is 6.54 Å². The molecule has 0 bridgehead atoms. The van der Waals surface area contributed by atoms with Gasteiger partial charge in [0, 0.05) is 37.1 Å². The maximum atomic E-state index is 12.3. The molecule has 0 atom stereocenters. The maximum absolute atomic E-state index is 12.3. The van der Waals surface area contributed by atoms with Crippen molar-refractivity contribution in [3.8, 4) is 5.82 Å². The van der Waals surface area contributed by atoms with Crippen LogP contribution in [0.15, 0.2) is 55.2 Å². The lowest BCUT2D eigenvalue weighted by molar-refractivity contribution is 0.0951. The predicted molar refractivity (Wildman–Crippen MR) is 97.5 cm³/mol. The van der Waals surface area contributed by atoms with Crippen LogP contribution in [0.2, 0.25) is 0 Å². The van der Waals surface area contributed by atoms with Gasteiger partial charge >= 0.3 is 6.03 Å². The summed E-state index contributed by atoms with van der Waals surface area (Å²) in [5, 5.41) is 9.63. The predicted octanol–water partition coefficient (Wildman–Crippen LogP) is 1.12. The van der Waals surface area contributed by atoms with Gasteiger partial charge in [-0.25, -0.2) is 19.4 Å². The number of hydrogen-bond acceptors (Lipinski definition) is 5. The molecule has 0 radical (unpaired) electrons. The van der Waals surface area contributed by atoms with Gasteiger partial charge in [-0.3, -0.25) is 9.69 Å². The molecule has 0 aliphatic carbocycles. The molecule has 0 unspecified atom stereocenters. The van der Waals surface area contributed by atoms with Crippen LogP contribution in [0.3, 0.4) is 0 Å². The summed E-state index contributed by atoms with van der Waals surface area (Å²) >= 11 is 0. The first-order chi connectivity index (χ1) is 13.2. The van der Waals surface area contributed by atoms with E-state index in [1.807, 2.05) is 12.1 Å². The van der Waals surface area contributed by atoms with Crippen molar-refractivity contribution in [1.82, 2.24) is 30.4 Å². The van der Waals surface area contributed by atoms with Crippen LogP contribution in [-0.4, -0.2) is 44.8 Å². The quantitative estimate of drug-likeness (QED) is 0.707. The summed E-state index contributed by atoms with van der Waals surface area (Å²) in [6.45, 7) is 1.62. The van der Waals surface area contributed by atoms with Crippen LogP contribution >= 0.6 is 0 Å². The third kappa shape index (κ3) is 3.61. The first kappa shape index (κ1) is 16.7. The Kier molecular flexibility index (Phi) is 4.48. The smallest absolute Gasteiger partial charge is 0.321 e. The van der Waals surface area contributed by atoms with Gasteiger partial charge in [0.25, 0.3) is 5.91 Å². The first-order valence-electron chi connectivity index (χ1n) is 8.44. The fraction of sp³-hybridized carbons (Fsp3) is 0.167. The number of benzene rings is 1.